The van der Waals surface area contributed by atoms with Gasteiger partial charge in [-0.2, -0.15) is 0 Å². The van der Waals surface area contributed by atoms with Gasteiger partial charge in [0.1, 0.15) is 5.82 Å². The zero-order valence-electron chi connectivity index (χ0n) is 11.9. The molecule has 0 fully saturated rings. The average Bonchev–Trinajstić information content (AvgIpc) is 3.10. The molecule has 0 bridgehead atoms. The summed E-state index contributed by atoms with van der Waals surface area (Å²) in [7, 11) is 0. The van der Waals surface area contributed by atoms with Gasteiger partial charge in [0.2, 0.25) is 5.16 Å². The van der Waals surface area contributed by atoms with Gasteiger partial charge in [-0.25, -0.2) is 4.98 Å². The molecule has 0 unspecified atom stereocenters. The maximum Gasteiger partial charge on any atom is 0.208 e. The van der Waals surface area contributed by atoms with Crippen LogP contribution in [-0.2, 0) is 6.42 Å². The summed E-state index contributed by atoms with van der Waals surface area (Å²) >= 11 is 1.35. The molecule has 0 aliphatic carbocycles. The van der Waals surface area contributed by atoms with Crippen molar-refractivity contribution in [1.29, 1.82) is 0 Å². The molecule has 21 heavy (non-hydrogen) atoms. The van der Waals surface area contributed by atoms with Crippen LogP contribution in [0.5, 0.6) is 0 Å². The lowest BCUT2D eigenvalue weighted by Gasteiger charge is -2.00. The van der Waals surface area contributed by atoms with Crippen LogP contribution in [0.15, 0.2) is 29.6 Å². The Balaban J connectivity index is 1.81. The third kappa shape index (κ3) is 2.71. The number of fused-ring (bicyclic) bond motifs is 1. The zero-order chi connectivity index (χ0) is 14.8. The highest BCUT2D eigenvalue weighted by Crippen LogP contribution is 2.24. The number of aromatic amines is 2. The number of hydrogen-bond acceptors (Lipinski definition) is 4. The van der Waals surface area contributed by atoms with Crippen molar-refractivity contribution >= 4 is 28.4 Å². The van der Waals surface area contributed by atoms with Crippen molar-refractivity contribution in [2.24, 2.45) is 0 Å². The summed E-state index contributed by atoms with van der Waals surface area (Å²) in [6.07, 6.45) is 2.74. The van der Waals surface area contributed by atoms with Crippen molar-refractivity contribution < 1.29 is 4.79 Å². The fraction of sp³-hybridized carbons (Fsp3) is 0.267. The summed E-state index contributed by atoms with van der Waals surface area (Å²) in [5.74, 6) is 1.17. The van der Waals surface area contributed by atoms with Crippen LogP contribution in [0.25, 0.3) is 10.9 Å². The molecule has 5 nitrogen and oxygen atoms in total. The summed E-state index contributed by atoms with van der Waals surface area (Å²) < 4.78 is 0. The minimum Gasteiger partial charge on any atom is -0.360 e. The zero-order valence-corrected chi connectivity index (χ0v) is 12.8. The van der Waals surface area contributed by atoms with E-state index in [1.807, 2.05) is 19.1 Å². The third-order valence-corrected chi connectivity index (χ3v) is 4.24. The van der Waals surface area contributed by atoms with Crippen LogP contribution in [0.1, 0.15) is 28.7 Å². The van der Waals surface area contributed by atoms with Crippen molar-refractivity contribution in [3.8, 4) is 0 Å². The highest BCUT2D eigenvalue weighted by atomic mass is 32.2. The second-order valence-electron chi connectivity index (χ2n) is 4.81. The first-order chi connectivity index (χ1) is 10.2. The number of aromatic nitrogens is 4. The van der Waals surface area contributed by atoms with Crippen LogP contribution >= 0.6 is 11.8 Å². The summed E-state index contributed by atoms with van der Waals surface area (Å²) in [5.41, 5.74) is 3.02. The Morgan fingerprint density at radius 3 is 2.95 bits per heavy atom. The molecule has 1 aromatic carbocycles. The molecule has 0 radical (unpaired) electrons. The predicted molar refractivity (Wildman–Crippen MR) is 83.9 cm³/mol. The smallest absolute Gasteiger partial charge is 0.208 e. The highest BCUT2D eigenvalue weighted by Gasteiger charge is 2.14. The highest BCUT2D eigenvalue weighted by molar-refractivity contribution is 7.99. The second-order valence-corrected chi connectivity index (χ2v) is 5.75. The molecule has 0 atom stereocenters. The number of aryl methyl sites for hydroxylation is 2. The number of Topliss-reactive ketones (excluding diaryl/α,β-unsaturated/α-hetero) is 1. The molecule has 0 amide bonds. The van der Waals surface area contributed by atoms with E-state index in [1.54, 1.807) is 6.20 Å². The van der Waals surface area contributed by atoms with E-state index < -0.39 is 0 Å². The Morgan fingerprint density at radius 1 is 1.38 bits per heavy atom. The van der Waals surface area contributed by atoms with Gasteiger partial charge in [-0.15, -0.1) is 5.10 Å². The molecular formula is C15H16N4OS. The summed E-state index contributed by atoms with van der Waals surface area (Å²) in [6.45, 7) is 3.95. The fourth-order valence-corrected chi connectivity index (χ4v) is 3.06. The van der Waals surface area contributed by atoms with Gasteiger partial charge in [-0.3, -0.25) is 9.89 Å². The van der Waals surface area contributed by atoms with Gasteiger partial charge in [0, 0.05) is 22.7 Å². The van der Waals surface area contributed by atoms with Crippen LogP contribution in [0, 0.1) is 6.92 Å². The lowest BCUT2D eigenvalue weighted by atomic mass is 10.1. The van der Waals surface area contributed by atoms with Gasteiger partial charge in [0.15, 0.2) is 5.78 Å². The van der Waals surface area contributed by atoms with Gasteiger partial charge in [-0.1, -0.05) is 36.9 Å². The van der Waals surface area contributed by atoms with E-state index in [4.69, 9.17) is 0 Å². The molecule has 0 aliphatic rings. The Hall–Kier alpha value is -2.08. The van der Waals surface area contributed by atoms with Gasteiger partial charge >= 0.3 is 0 Å². The molecule has 0 spiro atoms. The van der Waals surface area contributed by atoms with E-state index in [9.17, 15) is 4.79 Å². The molecule has 0 aliphatic heterocycles. The second kappa shape index (κ2) is 5.73. The molecule has 3 aromatic rings. The Bertz CT molecular complexity index is 790. The van der Waals surface area contributed by atoms with Crippen molar-refractivity contribution in [2.75, 3.05) is 5.75 Å². The number of carbonyl (C=O) groups is 1. The van der Waals surface area contributed by atoms with Gasteiger partial charge in [0.25, 0.3) is 0 Å². The van der Waals surface area contributed by atoms with Crippen molar-refractivity contribution in [3.05, 3.63) is 41.3 Å². The lowest BCUT2D eigenvalue weighted by molar-refractivity contribution is 0.102. The van der Waals surface area contributed by atoms with Gasteiger partial charge < -0.3 is 4.98 Å². The van der Waals surface area contributed by atoms with Crippen LogP contribution in [0.4, 0.5) is 0 Å². The maximum absolute atomic E-state index is 12.4. The Kier molecular flexibility index (Phi) is 3.79. The quantitative estimate of drug-likeness (QED) is 0.561. The molecule has 3 rings (SSSR count). The number of nitrogens with zero attached hydrogens (tertiary/aromatic N) is 2. The number of thioether (sulfide) groups is 1. The van der Waals surface area contributed by atoms with E-state index in [0.717, 1.165) is 28.7 Å². The number of rotatable bonds is 5. The summed E-state index contributed by atoms with van der Waals surface area (Å²) in [5, 5.41) is 8.40. The predicted octanol–water partition coefficient (Wildman–Crippen LogP) is 3.13. The first-order valence-electron chi connectivity index (χ1n) is 6.83. The van der Waals surface area contributed by atoms with Crippen LogP contribution < -0.4 is 0 Å². The number of H-pyrrole nitrogens is 2. The van der Waals surface area contributed by atoms with Gasteiger partial charge in [0.05, 0.1) is 5.75 Å². The SMILES string of the molecule is CCc1cccc2c(C(=O)CSc3n[nH]c(C)n3)c[nH]c12. The van der Waals surface area contributed by atoms with Crippen molar-refractivity contribution in [1.82, 2.24) is 20.2 Å². The number of nitrogens with one attached hydrogen (secondary N) is 2. The number of benzene rings is 1. The van der Waals surface area contributed by atoms with Crippen LogP contribution in [-0.4, -0.2) is 31.7 Å². The molecule has 0 saturated carbocycles. The largest absolute Gasteiger partial charge is 0.360 e. The van der Waals surface area contributed by atoms with Crippen LogP contribution in [0.3, 0.4) is 0 Å². The first-order valence-corrected chi connectivity index (χ1v) is 7.81. The number of carbonyl (C=O) groups excluding carboxylic acids is 1. The van der Waals surface area contributed by atoms with Crippen molar-refractivity contribution in [3.63, 3.8) is 0 Å². The third-order valence-electron chi connectivity index (χ3n) is 3.39. The average molecular weight is 300 g/mol. The summed E-state index contributed by atoms with van der Waals surface area (Å²) in [4.78, 5) is 19.8. The molecule has 108 valence electrons. The van der Waals surface area contributed by atoms with E-state index in [2.05, 4.69) is 33.2 Å². The Morgan fingerprint density at radius 2 is 2.24 bits per heavy atom. The molecule has 2 N–H and O–H groups in total. The fourth-order valence-electron chi connectivity index (χ4n) is 2.34. The van der Waals surface area contributed by atoms with Crippen molar-refractivity contribution in [2.45, 2.75) is 25.4 Å². The summed E-state index contributed by atoms with van der Waals surface area (Å²) in [6, 6.07) is 6.07. The molecule has 6 heteroatoms. The van der Waals surface area contributed by atoms with Crippen LogP contribution in [0.2, 0.25) is 0 Å². The van der Waals surface area contributed by atoms with E-state index >= 15 is 0 Å². The maximum atomic E-state index is 12.4. The van der Waals surface area contributed by atoms with E-state index in [0.29, 0.717) is 10.9 Å². The minimum absolute atomic E-state index is 0.0851. The Labute approximate surface area is 126 Å². The first kappa shape index (κ1) is 13.9. The molecule has 2 heterocycles. The minimum atomic E-state index is 0.0851. The standard InChI is InChI=1S/C15H16N4OS/c1-3-10-5-4-6-11-12(7-16-14(10)11)13(20)8-21-15-17-9(2)18-19-15/h4-7,16H,3,8H2,1-2H3,(H,17,18,19). The number of hydrogen-bond donors (Lipinski definition) is 2. The molecule has 0 saturated heterocycles. The molecular weight excluding hydrogens is 284 g/mol. The number of para-hydroxylation sites is 1. The normalized spacial score (nSPS) is 11.1. The topological polar surface area (TPSA) is 74.4 Å². The van der Waals surface area contributed by atoms with E-state index in [-0.39, 0.29) is 5.78 Å². The number of ketones is 1. The lowest BCUT2D eigenvalue weighted by Crippen LogP contribution is -2.01. The van der Waals surface area contributed by atoms with E-state index in [1.165, 1.54) is 17.3 Å². The van der Waals surface area contributed by atoms with Gasteiger partial charge in [-0.05, 0) is 18.9 Å². The monoisotopic (exact) mass is 300 g/mol. The molecule has 2 aromatic heterocycles.